The topological polar surface area (TPSA) is 228 Å². The van der Waals surface area contributed by atoms with Crippen LogP contribution in [-0.4, -0.2) is 90.0 Å². The number of imidazole rings is 2. The Hall–Kier alpha value is -4.37. The van der Waals surface area contributed by atoms with Crippen LogP contribution >= 0.6 is 11.8 Å². The number of hydrogen-bond acceptors (Lipinski definition) is 9. The van der Waals surface area contributed by atoms with Crippen LogP contribution in [0.5, 0.6) is 5.75 Å². The Morgan fingerprint density at radius 3 is 1.93 bits per heavy atom. The second-order valence-corrected chi connectivity index (χ2v) is 10.3. The first-order valence-corrected chi connectivity index (χ1v) is 14.2. The van der Waals surface area contributed by atoms with E-state index >= 15 is 0 Å². The number of carbonyl (C=O) groups is 4. The number of hydrogen-bond donors (Lipinski definition) is 8. The van der Waals surface area contributed by atoms with Gasteiger partial charge in [0.05, 0.1) is 18.7 Å². The SMILES string of the molecule is CSCCC(NC(=O)C(Cc1cnc[nH]1)NC(=O)C(N)Cc1ccc(O)cc1)C(=O)NC(Cc1cnc[nH]1)C(=O)O. The molecule has 3 amide bonds. The van der Waals surface area contributed by atoms with Gasteiger partial charge in [0.25, 0.3) is 0 Å². The molecule has 0 fully saturated rings. The van der Waals surface area contributed by atoms with Gasteiger partial charge in [0, 0.05) is 36.6 Å². The molecule has 3 aromatic rings. The molecular formula is C26H34N8O6S. The molecular weight excluding hydrogens is 552 g/mol. The van der Waals surface area contributed by atoms with Gasteiger partial charge >= 0.3 is 5.97 Å². The number of carboxylic acid groups (broad SMARTS) is 1. The third-order valence-corrected chi connectivity index (χ3v) is 6.82. The lowest BCUT2D eigenvalue weighted by Crippen LogP contribution is -2.58. The van der Waals surface area contributed by atoms with E-state index in [4.69, 9.17) is 5.73 Å². The summed E-state index contributed by atoms with van der Waals surface area (Å²) in [5.41, 5.74) is 7.91. The molecule has 0 radical (unpaired) electrons. The molecule has 4 unspecified atom stereocenters. The zero-order valence-corrected chi connectivity index (χ0v) is 23.2. The number of amides is 3. The number of thioether (sulfide) groups is 1. The van der Waals surface area contributed by atoms with Gasteiger partial charge in [0.1, 0.15) is 23.9 Å². The molecule has 15 heteroatoms. The maximum absolute atomic E-state index is 13.4. The van der Waals surface area contributed by atoms with Crippen LogP contribution < -0.4 is 21.7 Å². The van der Waals surface area contributed by atoms with Gasteiger partial charge in [-0.1, -0.05) is 12.1 Å². The van der Waals surface area contributed by atoms with Crippen molar-refractivity contribution in [3.8, 4) is 5.75 Å². The summed E-state index contributed by atoms with van der Waals surface area (Å²) >= 11 is 1.46. The summed E-state index contributed by atoms with van der Waals surface area (Å²) in [7, 11) is 0. The minimum atomic E-state index is -1.25. The third kappa shape index (κ3) is 9.95. The molecule has 0 saturated heterocycles. The zero-order chi connectivity index (χ0) is 29.8. The Morgan fingerprint density at radius 2 is 1.39 bits per heavy atom. The number of aromatic amines is 2. The van der Waals surface area contributed by atoms with E-state index in [1.54, 1.807) is 12.1 Å². The van der Waals surface area contributed by atoms with E-state index in [0.717, 1.165) is 5.56 Å². The number of nitrogens with one attached hydrogen (secondary N) is 5. The molecule has 0 saturated carbocycles. The Labute approximate surface area is 240 Å². The first-order valence-electron chi connectivity index (χ1n) is 12.8. The largest absolute Gasteiger partial charge is 0.508 e. The molecule has 41 heavy (non-hydrogen) atoms. The van der Waals surface area contributed by atoms with Gasteiger partial charge in [-0.2, -0.15) is 11.8 Å². The first-order chi connectivity index (χ1) is 19.7. The quantitative estimate of drug-likeness (QED) is 0.107. The Balaban J connectivity index is 1.71. The molecule has 0 aliphatic heterocycles. The van der Waals surface area contributed by atoms with Crippen molar-refractivity contribution in [2.24, 2.45) is 5.73 Å². The monoisotopic (exact) mass is 586 g/mol. The number of H-pyrrole nitrogens is 2. The van der Waals surface area contributed by atoms with Gasteiger partial charge in [0.15, 0.2) is 0 Å². The van der Waals surface area contributed by atoms with Crippen molar-refractivity contribution in [3.05, 3.63) is 66.3 Å². The number of carbonyl (C=O) groups excluding carboxylic acids is 3. The predicted octanol–water partition coefficient (Wildman–Crippen LogP) is -0.514. The summed E-state index contributed by atoms with van der Waals surface area (Å²) in [5.74, 6) is -2.56. The van der Waals surface area contributed by atoms with Crippen molar-refractivity contribution in [1.29, 1.82) is 0 Å². The van der Waals surface area contributed by atoms with Gasteiger partial charge in [-0.25, -0.2) is 14.8 Å². The number of nitrogens with zero attached hydrogens (tertiary/aromatic N) is 2. The Morgan fingerprint density at radius 1 is 0.854 bits per heavy atom. The van der Waals surface area contributed by atoms with E-state index in [2.05, 4.69) is 35.9 Å². The van der Waals surface area contributed by atoms with Crippen molar-refractivity contribution >= 4 is 35.5 Å². The van der Waals surface area contributed by atoms with Crippen molar-refractivity contribution in [1.82, 2.24) is 35.9 Å². The summed E-state index contributed by atoms with van der Waals surface area (Å²) in [6, 6.07) is 1.83. The van der Waals surface area contributed by atoms with Crippen LogP contribution in [0.3, 0.4) is 0 Å². The van der Waals surface area contributed by atoms with Gasteiger partial charge in [-0.15, -0.1) is 0 Å². The minimum Gasteiger partial charge on any atom is -0.508 e. The summed E-state index contributed by atoms with van der Waals surface area (Å²) in [6.45, 7) is 0. The molecule has 0 spiro atoms. The van der Waals surface area contributed by atoms with E-state index in [1.165, 1.54) is 48.9 Å². The molecule has 1 aromatic carbocycles. The maximum Gasteiger partial charge on any atom is 0.326 e. The molecule has 4 atom stereocenters. The molecule has 14 nitrogen and oxygen atoms in total. The van der Waals surface area contributed by atoms with E-state index in [1.807, 2.05) is 6.26 Å². The highest BCUT2D eigenvalue weighted by atomic mass is 32.2. The molecule has 2 aromatic heterocycles. The molecule has 220 valence electrons. The van der Waals surface area contributed by atoms with Crippen LogP contribution in [0.4, 0.5) is 0 Å². The molecule has 2 heterocycles. The van der Waals surface area contributed by atoms with E-state index in [0.29, 0.717) is 17.1 Å². The summed E-state index contributed by atoms with van der Waals surface area (Å²) in [5, 5.41) is 26.9. The first kappa shape index (κ1) is 31.2. The lowest BCUT2D eigenvalue weighted by Gasteiger charge is -2.25. The third-order valence-electron chi connectivity index (χ3n) is 6.18. The zero-order valence-electron chi connectivity index (χ0n) is 22.4. The van der Waals surface area contributed by atoms with Crippen molar-refractivity contribution < 1.29 is 29.4 Å². The summed E-state index contributed by atoms with van der Waals surface area (Å²) < 4.78 is 0. The average Bonchev–Trinajstić information content (AvgIpc) is 3.66. The smallest absolute Gasteiger partial charge is 0.326 e. The van der Waals surface area contributed by atoms with Crippen LogP contribution in [0, 0.1) is 0 Å². The van der Waals surface area contributed by atoms with Crippen molar-refractivity contribution in [2.45, 2.75) is 49.9 Å². The maximum atomic E-state index is 13.4. The standard InChI is InChI=1S/C26H34N8O6S/c1-41-7-6-20(24(37)34-22(26(39)40)10-17-12-29-14-31-17)32-25(38)21(9-16-11-28-13-30-16)33-23(36)19(27)8-15-2-4-18(35)5-3-15/h2-5,11-14,19-22,35H,6-10,27H2,1H3,(H,28,30)(H,29,31)(H,32,38)(H,33,36)(H,34,37)(H,39,40). The van der Waals surface area contributed by atoms with E-state index in [-0.39, 0.29) is 31.4 Å². The van der Waals surface area contributed by atoms with Gasteiger partial charge < -0.3 is 41.9 Å². The molecule has 9 N–H and O–H groups in total. The number of rotatable bonds is 16. The number of phenols is 1. The van der Waals surface area contributed by atoms with Crippen LogP contribution in [0.1, 0.15) is 23.4 Å². The molecule has 0 aliphatic carbocycles. The molecule has 0 aliphatic rings. The van der Waals surface area contributed by atoms with E-state index < -0.39 is 47.9 Å². The predicted molar refractivity (Wildman–Crippen MR) is 151 cm³/mol. The van der Waals surface area contributed by atoms with Gasteiger partial charge in [-0.05, 0) is 42.5 Å². The highest BCUT2D eigenvalue weighted by Crippen LogP contribution is 2.11. The van der Waals surface area contributed by atoms with Crippen LogP contribution in [0.25, 0.3) is 0 Å². The lowest BCUT2D eigenvalue weighted by molar-refractivity contribution is -0.142. The molecule has 0 bridgehead atoms. The number of phenolic OH excluding ortho intramolecular Hbond substituents is 1. The Bertz CT molecular complexity index is 1270. The van der Waals surface area contributed by atoms with E-state index in [9.17, 15) is 29.4 Å². The second kappa shape index (κ2) is 15.4. The van der Waals surface area contributed by atoms with Gasteiger partial charge in [0.2, 0.25) is 17.7 Å². The second-order valence-electron chi connectivity index (χ2n) is 9.34. The molecule has 3 rings (SSSR count). The highest BCUT2D eigenvalue weighted by molar-refractivity contribution is 7.98. The van der Waals surface area contributed by atoms with Crippen molar-refractivity contribution in [3.63, 3.8) is 0 Å². The van der Waals surface area contributed by atoms with Crippen molar-refractivity contribution in [2.75, 3.05) is 12.0 Å². The number of nitrogens with two attached hydrogens (primary N) is 1. The fraction of sp³-hybridized carbons (Fsp3) is 0.385. The summed E-state index contributed by atoms with van der Waals surface area (Å²) in [6.07, 6.45) is 8.05. The Kier molecular flexibility index (Phi) is 11.7. The van der Waals surface area contributed by atoms with Crippen LogP contribution in [-0.2, 0) is 38.4 Å². The minimum absolute atomic E-state index is 0.0261. The van der Waals surface area contributed by atoms with Crippen LogP contribution in [0.2, 0.25) is 0 Å². The number of aromatic nitrogens is 4. The lowest BCUT2D eigenvalue weighted by atomic mass is 10.0. The van der Waals surface area contributed by atoms with Crippen LogP contribution in [0.15, 0.2) is 49.3 Å². The summed E-state index contributed by atoms with van der Waals surface area (Å²) in [4.78, 5) is 64.9. The number of aromatic hydroxyl groups is 1. The number of carboxylic acids is 1. The average molecular weight is 587 g/mol. The van der Waals surface area contributed by atoms with Gasteiger partial charge in [-0.3, -0.25) is 14.4 Å². The number of benzene rings is 1. The fourth-order valence-corrected chi connectivity index (χ4v) is 4.42. The fourth-order valence-electron chi connectivity index (χ4n) is 3.95. The highest BCUT2D eigenvalue weighted by Gasteiger charge is 2.31. The normalized spacial score (nSPS) is 13.9. The number of aliphatic carboxylic acids is 1.